The zero-order valence-electron chi connectivity index (χ0n) is 13.0. The minimum absolute atomic E-state index is 0.0367. The number of rotatable bonds is 5. The molecule has 23 heavy (non-hydrogen) atoms. The average molecular weight is 320 g/mol. The normalized spacial score (nSPS) is 22.1. The highest BCUT2D eigenvalue weighted by atomic mass is 19.1. The van der Waals surface area contributed by atoms with Gasteiger partial charge in [0, 0.05) is 5.92 Å². The zero-order valence-corrected chi connectivity index (χ0v) is 13.0. The van der Waals surface area contributed by atoms with Crippen molar-refractivity contribution >= 4 is 11.8 Å². The van der Waals surface area contributed by atoms with Crippen molar-refractivity contribution in [3.63, 3.8) is 0 Å². The zero-order chi connectivity index (χ0) is 16.6. The summed E-state index contributed by atoms with van der Waals surface area (Å²) < 4.78 is 13.7. The van der Waals surface area contributed by atoms with Crippen LogP contribution in [0, 0.1) is 11.7 Å². The molecular formula is C17H21FN2O3. The summed E-state index contributed by atoms with van der Waals surface area (Å²) in [7, 11) is 0. The summed E-state index contributed by atoms with van der Waals surface area (Å²) in [6.45, 7) is 1.47. The van der Waals surface area contributed by atoms with Crippen molar-refractivity contribution in [3.8, 4) is 0 Å². The van der Waals surface area contributed by atoms with Gasteiger partial charge in [-0.15, -0.1) is 0 Å². The van der Waals surface area contributed by atoms with Gasteiger partial charge in [-0.2, -0.15) is 0 Å². The lowest BCUT2D eigenvalue weighted by molar-refractivity contribution is -0.132. The molecule has 2 amide bonds. The van der Waals surface area contributed by atoms with Crippen LogP contribution in [0.4, 0.5) is 4.39 Å². The molecule has 0 spiro atoms. The molecule has 124 valence electrons. The number of aliphatic hydroxyl groups excluding tert-OH is 1. The Hall–Kier alpha value is -1.95. The van der Waals surface area contributed by atoms with Crippen LogP contribution >= 0.6 is 0 Å². The summed E-state index contributed by atoms with van der Waals surface area (Å²) in [5, 5.41) is 15.3. The molecule has 0 radical (unpaired) electrons. The third-order valence-electron chi connectivity index (χ3n) is 4.54. The predicted octanol–water partition coefficient (Wildman–Crippen LogP) is 1.20. The number of nitrogens with one attached hydrogen (secondary N) is 2. The van der Waals surface area contributed by atoms with Gasteiger partial charge in [0.15, 0.2) is 0 Å². The minimum atomic E-state index is -0.994. The fourth-order valence-corrected chi connectivity index (χ4v) is 3.04. The molecule has 1 aromatic rings. The van der Waals surface area contributed by atoms with Gasteiger partial charge in [0.05, 0.1) is 12.1 Å². The Balaban J connectivity index is 1.68. The molecule has 3 N–H and O–H groups in total. The maximum Gasteiger partial charge on any atom is 0.245 e. The number of carbonyl (C=O) groups is 2. The molecule has 6 heteroatoms. The van der Waals surface area contributed by atoms with Crippen molar-refractivity contribution < 1.29 is 19.1 Å². The molecule has 0 aliphatic heterocycles. The van der Waals surface area contributed by atoms with E-state index in [0.717, 1.165) is 18.4 Å². The number of benzene rings is 1. The highest BCUT2D eigenvalue weighted by Gasteiger charge is 2.35. The number of amides is 2. The Kier molecular flexibility index (Phi) is 4.35. The lowest BCUT2D eigenvalue weighted by Gasteiger charge is -2.23. The lowest BCUT2D eigenvalue weighted by Crippen LogP contribution is -2.53. The lowest BCUT2D eigenvalue weighted by atomic mass is 10.1. The summed E-state index contributed by atoms with van der Waals surface area (Å²) in [5.74, 6) is -0.918. The van der Waals surface area contributed by atoms with Gasteiger partial charge in [0.25, 0.3) is 0 Å². The molecule has 3 atom stereocenters. The highest BCUT2D eigenvalue weighted by molar-refractivity contribution is 5.90. The first-order chi connectivity index (χ1) is 11.0. The van der Waals surface area contributed by atoms with Crippen LogP contribution in [0.15, 0.2) is 18.2 Å². The van der Waals surface area contributed by atoms with Crippen LogP contribution in [0.1, 0.15) is 43.4 Å². The first-order valence-corrected chi connectivity index (χ1v) is 8.03. The third-order valence-corrected chi connectivity index (χ3v) is 4.54. The fraction of sp³-hybridized carbons (Fsp3) is 0.529. The Bertz CT molecular complexity index is 628. The van der Waals surface area contributed by atoms with Crippen molar-refractivity contribution in [2.45, 2.75) is 50.8 Å². The summed E-state index contributed by atoms with van der Waals surface area (Å²) in [6.07, 6.45) is 1.85. The number of aliphatic hydroxyl groups is 1. The Morgan fingerprint density at radius 2 is 2.04 bits per heavy atom. The van der Waals surface area contributed by atoms with Gasteiger partial charge >= 0.3 is 0 Å². The Labute approximate surface area is 134 Å². The Morgan fingerprint density at radius 1 is 1.30 bits per heavy atom. The van der Waals surface area contributed by atoms with Crippen molar-refractivity contribution in [2.24, 2.45) is 5.92 Å². The maximum atomic E-state index is 13.7. The predicted molar refractivity (Wildman–Crippen MR) is 81.9 cm³/mol. The quantitative estimate of drug-likeness (QED) is 0.763. The molecular weight excluding hydrogens is 299 g/mol. The molecule has 1 aromatic carbocycles. The largest absolute Gasteiger partial charge is 0.391 e. The molecule has 1 fully saturated rings. The molecule has 1 saturated carbocycles. The minimum Gasteiger partial charge on any atom is -0.391 e. The summed E-state index contributed by atoms with van der Waals surface area (Å²) in [6, 6.07) is 3.57. The van der Waals surface area contributed by atoms with E-state index in [2.05, 4.69) is 10.6 Å². The maximum absolute atomic E-state index is 13.7. The highest BCUT2D eigenvalue weighted by Crippen LogP contribution is 2.33. The van der Waals surface area contributed by atoms with Crippen LogP contribution in [0.5, 0.6) is 0 Å². The topological polar surface area (TPSA) is 78.4 Å². The third kappa shape index (κ3) is 3.37. The molecule has 0 heterocycles. The van der Waals surface area contributed by atoms with Gasteiger partial charge in [-0.3, -0.25) is 9.59 Å². The van der Waals surface area contributed by atoms with E-state index in [1.165, 1.54) is 13.0 Å². The summed E-state index contributed by atoms with van der Waals surface area (Å²) >= 11 is 0. The van der Waals surface area contributed by atoms with E-state index in [4.69, 9.17) is 0 Å². The second kappa shape index (κ2) is 6.28. The SMILES string of the molecule is CC(O)C(NC(=O)C1CC1)C(=O)NC1CCc2c(F)cccc21. The van der Waals surface area contributed by atoms with Gasteiger partial charge in [0.2, 0.25) is 11.8 Å². The van der Waals surface area contributed by atoms with Crippen LogP contribution in [0.2, 0.25) is 0 Å². The van der Waals surface area contributed by atoms with Crippen LogP contribution in [0.3, 0.4) is 0 Å². The fourth-order valence-electron chi connectivity index (χ4n) is 3.04. The smallest absolute Gasteiger partial charge is 0.245 e. The second-order valence-electron chi connectivity index (χ2n) is 6.41. The molecule has 3 rings (SSSR count). The number of halogens is 1. The molecule has 3 unspecified atom stereocenters. The van der Waals surface area contributed by atoms with E-state index in [9.17, 15) is 19.1 Å². The van der Waals surface area contributed by atoms with Crippen LogP contribution < -0.4 is 10.6 Å². The number of hydrogen-bond acceptors (Lipinski definition) is 3. The number of carbonyl (C=O) groups excluding carboxylic acids is 2. The van der Waals surface area contributed by atoms with E-state index in [0.29, 0.717) is 18.4 Å². The van der Waals surface area contributed by atoms with E-state index in [-0.39, 0.29) is 23.7 Å². The molecule has 0 aromatic heterocycles. The summed E-state index contributed by atoms with van der Waals surface area (Å²) in [4.78, 5) is 24.3. The first-order valence-electron chi connectivity index (χ1n) is 8.03. The molecule has 2 aliphatic carbocycles. The van der Waals surface area contributed by atoms with Gasteiger partial charge < -0.3 is 15.7 Å². The van der Waals surface area contributed by atoms with Gasteiger partial charge in [-0.05, 0) is 49.8 Å². The van der Waals surface area contributed by atoms with Crippen molar-refractivity contribution in [3.05, 3.63) is 35.1 Å². The van der Waals surface area contributed by atoms with Gasteiger partial charge in [-0.25, -0.2) is 4.39 Å². The summed E-state index contributed by atoms with van der Waals surface area (Å²) in [5.41, 5.74) is 1.41. The van der Waals surface area contributed by atoms with Crippen LogP contribution in [0.25, 0.3) is 0 Å². The average Bonchev–Trinajstić information content (AvgIpc) is 3.27. The van der Waals surface area contributed by atoms with Gasteiger partial charge in [-0.1, -0.05) is 12.1 Å². The van der Waals surface area contributed by atoms with E-state index in [1.54, 1.807) is 12.1 Å². The van der Waals surface area contributed by atoms with E-state index >= 15 is 0 Å². The van der Waals surface area contributed by atoms with Crippen molar-refractivity contribution in [2.75, 3.05) is 0 Å². The second-order valence-corrected chi connectivity index (χ2v) is 6.41. The van der Waals surface area contributed by atoms with Crippen LogP contribution in [-0.2, 0) is 16.0 Å². The van der Waals surface area contributed by atoms with E-state index < -0.39 is 18.1 Å². The standard InChI is InChI=1S/C17H21FN2O3/c1-9(21)15(20-16(22)10-5-6-10)17(23)19-14-8-7-11-12(14)3-2-4-13(11)18/h2-4,9-10,14-15,21H,5-8H2,1H3,(H,19,23)(H,20,22). The number of fused-ring (bicyclic) bond motifs is 1. The first kappa shape index (κ1) is 15.9. The molecule has 2 aliphatic rings. The van der Waals surface area contributed by atoms with Crippen LogP contribution in [-0.4, -0.2) is 29.1 Å². The molecule has 5 nitrogen and oxygen atoms in total. The van der Waals surface area contributed by atoms with E-state index in [1.807, 2.05) is 0 Å². The monoisotopic (exact) mass is 320 g/mol. The van der Waals surface area contributed by atoms with Gasteiger partial charge in [0.1, 0.15) is 11.9 Å². The molecule has 0 bridgehead atoms. The van der Waals surface area contributed by atoms with Crippen molar-refractivity contribution in [1.82, 2.24) is 10.6 Å². The Morgan fingerprint density at radius 3 is 2.70 bits per heavy atom. The van der Waals surface area contributed by atoms with Crippen molar-refractivity contribution in [1.29, 1.82) is 0 Å². The molecule has 0 saturated heterocycles. The number of hydrogen-bond donors (Lipinski definition) is 3.